The molecule has 2 atom stereocenters. The highest BCUT2D eigenvalue weighted by atomic mass is 19.2. The highest BCUT2D eigenvalue weighted by Gasteiger charge is 2.54. The molecule has 0 radical (unpaired) electrons. The summed E-state index contributed by atoms with van der Waals surface area (Å²) in [6.07, 6.45) is 26.6. The topological polar surface area (TPSA) is 72.3 Å². The maximum absolute atomic E-state index is 16.3. The summed E-state index contributed by atoms with van der Waals surface area (Å²) in [6, 6.07) is 0. The Morgan fingerprint density at radius 1 is 0.902 bits per heavy atom. The maximum Gasteiger partial charge on any atom is 0.314 e. The average molecular weight is 575 g/mol. The summed E-state index contributed by atoms with van der Waals surface area (Å²) in [4.78, 5) is 20.2. The zero-order valence-electron chi connectivity index (χ0n) is 25.4. The minimum Gasteiger partial charge on any atom is -0.491 e. The van der Waals surface area contributed by atoms with Gasteiger partial charge in [-0.2, -0.15) is 0 Å². The number of aryl methyl sites for hydroxylation is 1. The van der Waals surface area contributed by atoms with Crippen molar-refractivity contribution in [3.63, 3.8) is 0 Å². The number of hydrogen-bond donors (Lipinski definition) is 1. The van der Waals surface area contributed by atoms with E-state index in [2.05, 4.69) is 23.8 Å². The van der Waals surface area contributed by atoms with Crippen LogP contribution in [-0.2, 0) is 21.6 Å². The van der Waals surface area contributed by atoms with Crippen LogP contribution in [0.1, 0.15) is 134 Å². The maximum atomic E-state index is 16.3. The number of nitrogens with zero attached hydrogens (tertiary/aromatic N) is 2. The number of alkyl halides is 1. The highest BCUT2D eigenvalue weighted by molar-refractivity contribution is 5.76. The van der Waals surface area contributed by atoms with Crippen LogP contribution in [-0.4, -0.2) is 27.7 Å². The lowest BCUT2D eigenvalue weighted by Crippen LogP contribution is -2.39. The summed E-state index contributed by atoms with van der Waals surface area (Å²) in [5.74, 6) is -3.72. The number of carboxylic acids is 1. The van der Waals surface area contributed by atoms with E-state index in [-0.39, 0.29) is 12.4 Å². The summed E-state index contributed by atoms with van der Waals surface area (Å²) in [5, 5.41) is 9.66. The Labute approximate surface area is 246 Å². The molecule has 5 nitrogen and oxygen atoms in total. The van der Waals surface area contributed by atoms with E-state index in [4.69, 9.17) is 4.74 Å². The number of unbranched alkanes of at least 4 members (excludes halogenated alkanes) is 9. The van der Waals surface area contributed by atoms with Crippen molar-refractivity contribution >= 4 is 5.97 Å². The molecule has 2 unspecified atom stereocenters. The van der Waals surface area contributed by atoms with Gasteiger partial charge >= 0.3 is 5.97 Å². The molecular formula is C34H52F2N2O3. The molecule has 0 amide bonds. The lowest BCUT2D eigenvalue weighted by atomic mass is 9.78. The number of allylic oxidation sites excluding steroid dienone is 2. The summed E-state index contributed by atoms with van der Waals surface area (Å²) in [7, 11) is 0. The van der Waals surface area contributed by atoms with E-state index in [0.29, 0.717) is 5.92 Å². The van der Waals surface area contributed by atoms with Crippen molar-refractivity contribution < 1.29 is 23.4 Å². The first-order valence-corrected chi connectivity index (χ1v) is 16.3. The van der Waals surface area contributed by atoms with Gasteiger partial charge in [0.15, 0.2) is 17.4 Å². The highest BCUT2D eigenvalue weighted by Crippen LogP contribution is 2.45. The van der Waals surface area contributed by atoms with E-state index in [9.17, 15) is 9.90 Å². The van der Waals surface area contributed by atoms with E-state index in [0.717, 1.165) is 62.5 Å². The molecule has 1 aromatic heterocycles. The number of hydrogen-bond acceptors (Lipinski definition) is 4. The fraction of sp³-hybridized carbons (Fsp3) is 0.735. The molecule has 1 heterocycles. The van der Waals surface area contributed by atoms with Crippen LogP contribution in [0.3, 0.4) is 0 Å². The van der Waals surface area contributed by atoms with Gasteiger partial charge in [-0.1, -0.05) is 116 Å². The molecular weight excluding hydrogens is 522 g/mol. The quantitative estimate of drug-likeness (QED) is 0.167. The van der Waals surface area contributed by atoms with Gasteiger partial charge < -0.3 is 9.84 Å². The van der Waals surface area contributed by atoms with Crippen LogP contribution in [0.4, 0.5) is 8.78 Å². The van der Waals surface area contributed by atoms with Crippen molar-refractivity contribution in [1.29, 1.82) is 0 Å². The minimum absolute atomic E-state index is 0.244. The lowest BCUT2D eigenvalue weighted by molar-refractivity contribution is -0.145. The van der Waals surface area contributed by atoms with E-state index in [1.165, 1.54) is 89.1 Å². The van der Waals surface area contributed by atoms with Gasteiger partial charge in [0.25, 0.3) is 0 Å². The first-order chi connectivity index (χ1) is 19.9. The normalized spacial score (nSPS) is 24.5. The second-order valence-electron chi connectivity index (χ2n) is 12.2. The van der Waals surface area contributed by atoms with E-state index >= 15 is 8.78 Å². The number of aliphatic carboxylic acids is 1. The van der Waals surface area contributed by atoms with Gasteiger partial charge in [-0.25, -0.2) is 18.7 Å². The fourth-order valence-corrected chi connectivity index (χ4v) is 6.26. The number of halogens is 2. The molecule has 0 aliphatic heterocycles. The van der Waals surface area contributed by atoms with Gasteiger partial charge in [0, 0.05) is 12.4 Å². The molecule has 0 aromatic carbocycles. The number of aromatic nitrogens is 2. The average Bonchev–Trinajstić information content (AvgIpc) is 2.98. The predicted octanol–water partition coefficient (Wildman–Crippen LogP) is 9.57. The monoisotopic (exact) mass is 574 g/mol. The molecule has 1 saturated carbocycles. The third-order valence-corrected chi connectivity index (χ3v) is 8.98. The van der Waals surface area contributed by atoms with Gasteiger partial charge in [0.1, 0.15) is 5.92 Å². The Morgan fingerprint density at radius 2 is 1.46 bits per heavy atom. The van der Waals surface area contributed by atoms with Gasteiger partial charge in [-0.15, -0.1) is 0 Å². The molecule has 0 saturated heterocycles. The van der Waals surface area contributed by atoms with Gasteiger partial charge in [0.2, 0.25) is 5.67 Å². The molecule has 3 rings (SSSR count). The Kier molecular flexibility index (Phi) is 14.3. The van der Waals surface area contributed by atoms with E-state index in [1.807, 2.05) is 0 Å². The van der Waals surface area contributed by atoms with Crippen molar-refractivity contribution in [2.45, 2.75) is 135 Å². The van der Waals surface area contributed by atoms with Gasteiger partial charge in [-0.05, 0) is 42.7 Å². The molecule has 0 spiro atoms. The Morgan fingerprint density at radius 3 is 2.07 bits per heavy atom. The number of ether oxygens (including phenoxy) is 1. The van der Waals surface area contributed by atoms with Crippen molar-refractivity contribution in [2.75, 3.05) is 6.61 Å². The summed E-state index contributed by atoms with van der Waals surface area (Å²) >= 11 is 0. The molecule has 1 aromatic rings. The summed E-state index contributed by atoms with van der Waals surface area (Å²) in [5.41, 5.74) is -2.15. The molecule has 2 aliphatic rings. The first kappa shape index (κ1) is 33.2. The standard InChI is InChI=1S/C34H52F2N2O3/c1-3-5-7-9-11-13-23-41-30-22-21-29(32(39)40)34(36,31(30)35)33-37-24-28(25-38-33)20-19-27-17-15-26(16-18-27)14-12-10-8-6-4-2/h21-22,24-27,29H,3-20,23H2,1-2H3,(H,39,40). The van der Waals surface area contributed by atoms with Crippen LogP contribution in [0.2, 0.25) is 0 Å². The number of rotatable bonds is 19. The Balaban J connectivity index is 1.52. The lowest BCUT2D eigenvalue weighted by Gasteiger charge is -2.30. The largest absolute Gasteiger partial charge is 0.491 e. The second kappa shape index (κ2) is 17.6. The fourth-order valence-electron chi connectivity index (χ4n) is 6.26. The van der Waals surface area contributed by atoms with Crippen LogP contribution < -0.4 is 0 Å². The van der Waals surface area contributed by atoms with Crippen molar-refractivity contribution in [2.24, 2.45) is 17.8 Å². The molecule has 1 N–H and O–H groups in total. The SMILES string of the molecule is CCCCCCCCOC1=C(F)C(F)(c2ncc(CCC3CCC(CCCCCCC)CC3)cn2)C(C(=O)O)C=C1. The molecule has 0 bridgehead atoms. The van der Waals surface area contributed by atoms with E-state index in [1.54, 1.807) is 0 Å². The molecule has 1 fully saturated rings. The third kappa shape index (κ3) is 9.89. The van der Waals surface area contributed by atoms with Gasteiger partial charge in [0.05, 0.1) is 6.61 Å². The zero-order chi connectivity index (χ0) is 29.5. The van der Waals surface area contributed by atoms with Crippen LogP contribution in [0.25, 0.3) is 0 Å². The predicted molar refractivity (Wildman–Crippen MR) is 160 cm³/mol. The molecule has 2 aliphatic carbocycles. The second-order valence-corrected chi connectivity index (χ2v) is 12.2. The van der Waals surface area contributed by atoms with Crippen molar-refractivity contribution in [3.8, 4) is 0 Å². The Bertz CT molecular complexity index is 973. The Hall–Kier alpha value is -2.31. The van der Waals surface area contributed by atoms with Gasteiger partial charge in [-0.3, -0.25) is 4.79 Å². The first-order valence-electron chi connectivity index (χ1n) is 16.3. The van der Waals surface area contributed by atoms with Crippen molar-refractivity contribution in [3.05, 3.63) is 47.5 Å². The molecule has 7 heteroatoms. The van der Waals surface area contributed by atoms with Crippen LogP contribution in [0.15, 0.2) is 36.1 Å². The summed E-state index contributed by atoms with van der Waals surface area (Å²) < 4.78 is 37.4. The van der Waals surface area contributed by atoms with E-state index < -0.39 is 29.2 Å². The molecule has 230 valence electrons. The third-order valence-electron chi connectivity index (χ3n) is 8.98. The zero-order valence-corrected chi connectivity index (χ0v) is 25.4. The smallest absolute Gasteiger partial charge is 0.314 e. The van der Waals surface area contributed by atoms with Crippen molar-refractivity contribution in [1.82, 2.24) is 9.97 Å². The van der Waals surface area contributed by atoms with Crippen LogP contribution >= 0.6 is 0 Å². The minimum atomic E-state index is -3.01. The number of carboxylic acid groups (broad SMARTS) is 1. The summed E-state index contributed by atoms with van der Waals surface area (Å²) in [6.45, 7) is 4.65. The van der Waals surface area contributed by atoms with Crippen LogP contribution in [0, 0.1) is 17.8 Å². The van der Waals surface area contributed by atoms with Crippen LogP contribution in [0.5, 0.6) is 0 Å². The molecule has 41 heavy (non-hydrogen) atoms. The number of carbonyl (C=O) groups is 1.